The van der Waals surface area contributed by atoms with Gasteiger partial charge in [-0.05, 0) is 12.3 Å². The summed E-state index contributed by atoms with van der Waals surface area (Å²) < 4.78 is 22.2. The highest BCUT2D eigenvalue weighted by Crippen LogP contribution is 2.84. The summed E-state index contributed by atoms with van der Waals surface area (Å²) in [5.41, 5.74) is -9.40. The molecule has 2 spiro atoms. The van der Waals surface area contributed by atoms with Gasteiger partial charge in [0.05, 0.1) is 22.9 Å². The molecule has 0 amide bonds. The maximum atomic E-state index is 13.4. The maximum Gasteiger partial charge on any atom is 0.343 e. The Morgan fingerprint density at radius 2 is 1.58 bits per heavy atom. The van der Waals surface area contributed by atoms with Gasteiger partial charge in [-0.2, -0.15) is 0 Å². The summed E-state index contributed by atoms with van der Waals surface area (Å²) in [6.07, 6.45) is -9.69. The van der Waals surface area contributed by atoms with Crippen LogP contribution in [0.15, 0.2) is 0 Å². The average molecular weight is 440 g/mol. The standard InChI is InChI=1S/C20H24O11/c1-5-12(24)28-11-8(22)18-10-6(21)7(16(2,3)4)17(18)9(23)13(25)30-15(17)31-20(18,14(26)29-10)19(5,11)27/h5-11,15,21-23,27H,1-4H3/t5-,6-,7+,8?,9?,10-,11+,15+,17?,18?,19-,20-/m1/s1. The molecule has 0 aromatic rings. The van der Waals surface area contributed by atoms with Crippen molar-refractivity contribution in [2.45, 2.75) is 75.7 Å². The second kappa shape index (κ2) is 4.91. The summed E-state index contributed by atoms with van der Waals surface area (Å²) in [4.78, 5) is 38.3. The second-order valence-electron chi connectivity index (χ2n) is 10.8. The molecular formula is C20H24O11. The number of ether oxygens (including phenoxy) is 4. The molecule has 4 unspecified atom stereocenters. The molecule has 0 aromatic carbocycles. The van der Waals surface area contributed by atoms with E-state index < -0.39 is 94.0 Å². The largest absolute Gasteiger partial charge is 0.456 e. The average Bonchev–Trinajstić information content (AvgIpc) is 3.35. The molecule has 11 heteroatoms. The van der Waals surface area contributed by atoms with Gasteiger partial charge in [-0.25, -0.2) is 9.59 Å². The van der Waals surface area contributed by atoms with Crippen LogP contribution in [0.25, 0.3) is 0 Å². The van der Waals surface area contributed by atoms with Gasteiger partial charge >= 0.3 is 17.9 Å². The SMILES string of the molecule is C[C@@H]1C(=O)O[C@H]2C(O)C34[C@@H]5OC(=O)[C@]3(O[C@@H]3OC(=O)C(O)C34[C@H](C(C)(C)C)[C@H]5O)[C@@]12O. The maximum absolute atomic E-state index is 13.4. The summed E-state index contributed by atoms with van der Waals surface area (Å²) in [6, 6.07) is 0. The third kappa shape index (κ3) is 1.43. The van der Waals surface area contributed by atoms with E-state index in [9.17, 15) is 34.8 Å². The van der Waals surface area contributed by atoms with Crippen molar-refractivity contribution in [3.63, 3.8) is 0 Å². The normalized spacial score (nSPS) is 61.0. The molecule has 0 aromatic heterocycles. The Balaban J connectivity index is 1.75. The Labute approximate surface area is 176 Å². The van der Waals surface area contributed by atoms with Gasteiger partial charge in [0.2, 0.25) is 11.9 Å². The lowest BCUT2D eigenvalue weighted by Crippen LogP contribution is -2.67. The van der Waals surface area contributed by atoms with Gasteiger partial charge in [0, 0.05) is 5.92 Å². The third-order valence-corrected chi connectivity index (χ3v) is 8.95. The van der Waals surface area contributed by atoms with Gasteiger partial charge in [0.25, 0.3) is 0 Å². The summed E-state index contributed by atoms with van der Waals surface area (Å²) in [6.45, 7) is 6.63. The molecule has 12 atom stereocenters. The van der Waals surface area contributed by atoms with E-state index >= 15 is 0 Å². The van der Waals surface area contributed by atoms with Crippen LogP contribution in [0.2, 0.25) is 0 Å². The van der Waals surface area contributed by atoms with Crippen LogP contribution in [0, 0.1) is 28.1 Å². The quantitative estimate of drug-likeness (QED) is 0.234. The Kier molecular flexibility index (Phi) is 3.15. The number of aliphatic hydroxyl groups is 4. The van der Waals surface area contributed by atoms with Crippen LogP contribution in [0.4, 0.5) is 0 Å². The van der Waals surface area contributed by atoms with Crippen LogP contribution >= 0.6 is 0 Å². The number of hydrogen-bond donors (Lipinski definition) is 4. The molecule has 2 aliphatic carbocycles. The minimum Gasteiger partial charge on any atom is -0.456 e. The first-order chi connectivity index (χ1) is 14.3. The number of hydrogen-bond acceptors (Lipinski definition) is 11. The molecule has 4 N–H and O–H groups in total. The third-order valence-electron chi connectivity index (χ3n) is 8.95. The predicted octanol–water partition coefficient (Wildman–Crippen LogP) is -2.40. The molecule has 6 rings (SSSR count). The van der Waals surface area contributed by atoms with E-state index in [0.29, 0.717) is 0 Å². The van der Waals surface area contributed by atoms with Crippen LogP contribution < -0.4 is 0 Å². The molecule has 2 saturated carbocycles. The zero-order valence-corrected chi connectivity index (χ0v) is 17.3. The number of rotatable bonds is 0. The van der Waals surface area contributed by atoms with Gasteiger partial charge in [-0.3, -0.25) is 4.79 Å². The lowest BCUT2D eigenvalue weighted by Gasteiger charge is -2.47. The topological polar surface area (TPSA) is 169 Å². The summed E-state index contributed by atoms with van der Waals surface area (Å²) in [7, 11) is 0. The van der Waals surface area contributed by atoms with Gasteiger partial charge in [0.15, 0.2) is 17.8 Å². The van der Waals surface area contributed by atoms with Crippen LogP contribution in [-0.4, -0.2) is 86.3 Å². The van der Waals surface area contributed by atoms with Crippen LogP contribution in [0.1, 0.15) is 27.7 Å². The number of aliphatic hydroxyl groups excluding tert-OH is 3. The molecule has 0 bridgehead atoms. The van der Waals surface area contributed by atoms with Crippen LogP contribution in [0.3, 0.4) is 0 Å². The van der Waals surface area contributed by atoms with Crippen LogP contribution in [0.5, 0.6) is 0 Å². The predicted molar refractivity (Wildman–Crippen MR) is 93.4 cm³/mol. The van der Waals surface area contributed by atoms with Crippen molar-refractivity contribution in [2.75, 3.05) is 0 Å². The molecule has 4 heterocycles. The second-order valence-corrected chi connectivity index (χ2v) is 10.8. The van der Waals surface area contributed by atoms with E-state index in [4.69, 9.17) is 18.9 Å². The van der Waals surface area contributed by atoms with E-state index in [1.165, 1.54) is 6.92 Å². The highest BCUT2D eigenvalue weighted by Gasteiger charge is 3.05. The van der Waals surface area contributed by atoms with Crippen molar-refractivity contribution < 1.29 is 53.8 Å². The molecule has 11 nitrogen and oxygen atoms in total. The zero-order chi connectivity index (χ0) is 22.7. The minimum atomic E-state index is -2.40. The van der Waals surface area contributed by atoms with Crippen molar-refractivity contribution in [3.8, 4) is 0 Å². The molecule has 4 aliphatic heterocycles. The van der Waals surface area contributed by atoms with Crippen molar-refractivity contribution >= 4 is 17.9 Å². The highest BCUT2D eigenvalue weighted by molar-refractivity contribution is 5.94. The highest BCUT2D eigenvalue weighted by atomic mass is 16.8. The lowest BCUT2D eigenvalue weighted by molar-refractivity contribution is -0.240. The first kappa shape index (κ1) is 19.9. The van der Waals surface area contributed by atoms with Gasteiger partial charge < -0.3 is 39.4 Å². The minimum absolute atomic E-state index is 0.792. The summed E-state index contributed by atoms with van der Waals surface area (Å²) in [5.74, 6) is -5.22. The molecule has 170 valence electrons. The number of fused-ring (bicyclic) bond motifs is 1. The number of carbonyl (C=O) groups is 3. The van der Waals surface area contributed by atoms with E-state index in [1.807, 2.05) is 0 Å². The molecular weight excluding hydrogens is 416 g/mol. The van der Waals surface area contributed by atoms with Crippen molar-refractivity contribution in [3.05, 3.63) is 0 Å². The van der Waals surface area contributed by atoms with E-state index in [0.717, 1.165) is 0 Å². The Morgan fingerprint density at radius 3 is 2.19 bits per heavy atom. The molecule has 6 fully saturated rings. The zero-order valence-electron chi connectivity index (χ0n) is 17.3. The lowest BCUT2D eigenvalue weighted by atomic mass is 9.51. The monoisotopic (exact) mass is 440 g/mol. The molecule has 4 saturated heterocycles. The number of carbonyl (C=O) groups excluding carboxylic acids is 3. The van der Waals surface area contributed by atoms with Gasteiger partial charge in [0.1, 0.15) is 12.2 Å². The van der Waals surface area contributed by atoms with Crippen molar-refractivity contribution in [1.29, 1.82) is 0 Å². The first-order valence-electron chi connectivity index (χ1n) is 10.3. The summed E-state index contributed by atoms with van der Waals surface area (Å²) >= 11 is 0. The summed E-state index contributed by atoms with van der Waals surface area (Å²) in [5, 5.41) is 46.1. The fourth-order valence-corrected chi connectivity index (χ4v) is 8.27. The van der Waals surface area contributed by atoms with Gasteiger partial charge in [-0.1, -0.05) is 20.8 Å². The van der Waals surface area contributed by atoms with Crippen LogP contribution in [-0.2, 0) is 33.3 Å². The molecule has 6 aliphatic rings. The Hall–Kier alpha value is -1.79. The van der Waals surface area contributed by atoms with E-state index in [-0.39, 0.29) is 0 Å². The fourth-order valence-electron chi connectivity index (χ4n) is 8.27. The smallest absolute Gasteiger partial charge is 0.343 e. The van der Waals surface area contributed by atoms with Crippen molar-refractivity contribution in [1.82, 2.24) is 0 Å². The van der Waals surface area contributed by atoms with E-state index in [1.54, 1.807) is 20.8 Å². The molecule has 0 radical (unpaired) electrons. The Bertz CT molecular complexity index is 957. The Morgan fingerprint density at radius 1 is 0.935 bits per heavy atom. The van der Waals surface area contributed by atoms with E-state index in [2.05, 4.69) is 0 Å². The molecule has 31 heavy (non-hydrogen) atoms. The van der Waals surface area contributed by atoms with Crippen molar-refractivity contribution in [2.24, 2.45) is 28.1 Å². The fraction of sp³-hybridized carbons (Fsp3) is 0.850. The van der Waals surface area contributed by atoms with Gasteiger partial charge in [-0.15, -0.1) is 0 Å². The first-order valence-corrected chi connectivity index (χ1v) is 10.3. The number of esters is 3.